The van der Waals surface area contributed by atoms with Crippen molar-refractivity contribution in [1.82, 2.24) is 10.2 Å². The Labute approximate surface area is 145 Å². The second-order valence-corrected chi connectivity index (χ2v) is 6.64. The van der Waals surface area contributed by atoms with Crippen LogP contribution in [0, 0.1) is 0 Å². The maximum Gasteiger partial charge on any atom is 0.319 e. The number of hydrogen-bond donors (Lipinski definition) is 2. The summed E-state index contributed by atoms with van der Waals surface area (Å²) in [6.07, 6.45) is 3.02. The molecule has 1 aliphatic rings. The Morgan fingerprint density at radius 2 is 2.00 bits per heavy atom. The van der Waals surface area contributed by atoms with Crippen molar-refractivity contribution in [2.75, 3.05) is 18.4 Å². The van der Waals surface area contributed by atoms with Crippen LogP contribution >= 0.6 is 11.3 Å². The molecule has 1 aromatic heterocycles. The summed E-state index contributed by atoms with van der Waals surface area (Å²) in [5, 5.41) is 9.48. The monoisotopic (exact) mass is 343 g/mol. The lowest BCUT2D eigenvalue weighted by Gasteiger charge is -2.35. The highest BCUT2D eigenvalue weighted by atomic mass is 32.1. The summed E-state index contributed by atoms with van der Waals surface area (Å²) in [6, 6.07) is 11.0. The van der Waals surface area contributed by atoms with Gasteiger partial charge < -0.3 is 15.5 Å². The molecule has 2 heterocycles. The first kappa shape index (κ1) is 16.5. The first-order chi connectivity index (χ1) is 11.7. The number of amides is 3. The first-order valence-electron chi connectivity index (χ1n) is 8.17. The van der Waals surface area contributed by atoms with Crippen molar-refractivity contribution in [3.8, 4) is 0 Å². The van der Waals surface area contributed by atoms with E-state index in [0.29, 0.717) is 6.54 Å². The van der Waals surface area contributed by atoms with Crippen molar-refractivity contribution in [2.24, 2.45) is 0 Å². The van der Waals surface area contributed by atoms with Crippen molar-refractivity contribution >= 4 is 29.0 Å². The SMILES string of the molecule is O=C(NC[C@@H]1CCCCN1C(=O)c1ccsc1)Nc1ccccc1. The second-order valence-electron chi connectivity index (χ2n) is 5.86. The third kappa shape index (κ3) is 4.14. The molecule has 0 bridgehead atoms. The molecule has 1 atom stereocenters. The molecule has 1 fully saturated rings. The number of carbonyl (C=O) groups excluding carboxylic acids is 2. The van der Waals surface area contributed by atoms with Gasteiger partial charge >= 0.3 is 6.03 Å². The van der Waals surface area contributed by atoms with Gasteiger partial charge in [-0.2, -0.15) is 11.3 Å². The van der Waals surface area contributed by atoms with Gasteiger partial charge in [0.1, 0.15) is 0 Å². The fraction of sp³-hybridized carbons (Fsp3) is 0.333. The number of nitrogens with zero attached hydrogens (tertiary/aromatic N) is 1. The molecule has 0 saturated carbocycles. The van der Waals surface area contributed by atoms with Crippen LogP contribution in [0.15, 0.2) is 47.2 Å². The molecule has 0 spiro atoms. The highest BCUT2D eigenvalue weighted by molar-refractivity contribution is 7.08. The Morgan fingerprint density at radius 3 is 2.75 bits per heavy atom. The molecule has 0 aliphatic carbocycles. The smallest absolute Gasteiger partial charge is 0.319 e. The highest BCUT2D eigenvalue weighted by Crippen LogP contribution is 2.20. The zero-order valence-corrected chi connectivity index (χ0v) is 14.2. The molecule has 126 valence electrons. The largest absolute Gasteiger partial charge is 0.336 e. The first-order valence-corrected chi connectivity index (χ1v) is 9.11. The summed E-state index contributed by atoms with van der Waals surface area (Å²) in [5.41, 5.74) is 1.49. The van der Waals surface area contributed by atoms with Crippen LogP contribution in [0.2, 0.25) is 0 Å². The minimum atomic E-state index is -0.241. The van der Waals surface area contributed by atoms with E-state index >= 15 is 0 Å². The topological polar surface area (TPSA) is 61.4 Å². The van der Waals surface area contributed by atoms with Gasteiger partial charge in [0.15, 0.2) is 0 Å². The summed E-state index contributed by atoms with van der Waals surface area (Å²) in [5.74, 6) is 0.0613. The van der Waals surface area contributed by atoms with E-state index in [1.807, 2.05) is 52.1 Å². The van der Waals surface area contributed by atoms with Crippen LogP contribution in [-0.4, -0.2) is 36.0 Å². The van der Waals surface area contributed by atoms with Gasteiger partial charge in [-0.25, -0.2) is 4.79 Å². The predicted molar refractivity (Wildman–Crippen MR) is 96.5 cm³/mol. The van der Waals surface area contributed by atoms with E-state index in [0.717, 1.165) is 37.1 Å². The van der Waals surface area contributed by atoms with Crippen molar-refractivity contribution in [3.63, 3.8) is 0 Å². The van der Waals surface area contributed by atoms with E-state index in [1.54, 1.807) is 0 Å². The van der Waals surface area contributed by atoms with Gasteiger partial charge in [-0.1, -0.05) is 18.2 Å². The highest BCUT2D eigenvalue weighted by Gasteiger charge is 2.27. The van der Waals surface area contributed by atoms with Gasteiger partial charge in [0.05, 0.1) is 5.56 Å². The van der Waals surface area contributed by atoms with Gasteiger partial charge in [0.2, 0.25) is 0 Å². The van der Waals surface area contributed by atoms with Gasteiger partial charge in [-0.3, -0.25) is 4.79 Å². The molecule has 0 unspecified atom stereocenters. The quantitative estimate of drug-likeness (QED) is 0.891. The number of thiophene rings is 1. The predicted octanol–water partition coefficient (Wildman–Crippen LogP) is 3.56. The lowest BCUT2D eigenvalue weighted by Crippen LogP contribution is -2.49. The third-order valence-electron chi connectivity index (χ3n) is 4.19. The minimum absolute atomic E-state index is 0.0488. The molecule has 5 nitrogen and oxygen atoms in total. The van der Waals surface area contributed by atoms with Crippen molar-refractivity contribution < 1.29 is 9.59 Å². The average Bonchev–Trinajstić information content (AvgIpc) is 3.15. The second kappa shape index (κ2) is 7.97. The number of anilines is 1. The number of likely N-dealkylation sites (tertiary alicyclic amines) is 1. The van der Waals surface area contributed by atoms with E-state index in [4.69, 9.17) is 0 Å². The Kier molecular flexibility index (Phi) is 5.48. The van der Waals surface area contributed by atoms with Crippen LogP contribution in [0.5, 0.6) is 0 Å². The van der Waals surface area contributed by atoms with E-state index in [2.05, 4.69) is 10.6 Å². The van der Waals surface area contributed by atoms with E-state index in [9.17, 15) is 9.59 Å². The third-order valence-corrected chi connectivity index (χ3v) is 4.87. The van der Waals surface area contributed by atoms with Crippen molar-refractivity contribution in [2.45, 2.75) is 25.3 Å². The lowest BCUT2D eigenvalue weighted by atomic mass is 10.0. The number of nitrogens with one attached hydrogen (secondary N) is 2. The van der Waals surface area contributed by atoms with Gasteiger partial charge in [0, 0.05) is 30.2 Å². The molecule has 3 amide bonds. The summed E-state index contributed by atoms with van der Waals surface area (Å²) < 4.78 is 0. The molecular formula is C18H21N3O2S. The fourth-order valence-corrected chi connectivity index (χ4v) is 3.57. The van der Waals surface area contributed by atoms with Crippen LogP contribution < -0.4 is 10.6 Å². The molecule has 0 radical (unpaired) electrons. The number of para-hydroxylation sites is 1. The molecule has 1 aromatic carbocycles. The zero-order chi connectivity index (χ0) is 16.8. The van der Waals surface area contributed by atoms with E-state index < -0.39 is 0 Å². The molecule has 1 saturated heterocycles. The number of benzene rings is 1. The van der Waals surface area contributed by atoms with Crippen LogP contribution in [0.25, 0.3) is 0 Å². The standard InChI is InChI=1S/C18H21N3O2S/c22-17(14-9-11-24-13-14)21-10-5-4-8-16(21)12-19-18(23)20-15-6-2-1-3-7-15/h1-3,6-7,9,11,13,16H,4-5,8,10,12H2,(H2,19,20,23)/t16-/m0/s1. The molecular weight excluding hydrogens is 322 g/mol. The van der Waals surface area contributed by atoms with Gasteiger partial charge in [-0.05, 0) is 42.8 Å². The molecule has 2 N–H and O–H groups in total. The van der Waals surface area contributed by atoms with Crippen LogP contribution in [0.1, 0.15) is 29.6 Å². The normalized spacial score (nSPS) is 17.3. The number of urea groups is 1. The molecule has 2 aromatic rings. The number of hydrogen-bond acceptors (Lipinski definition) is 3. The molecule has 6 heteroatoms. The number of carbonyl (C=O) groups is 2. The Balaban J connectivity index is 1.56. The van der Waals surface area contributed by atoms with Crippen molar-refractivity contribution in [3.05, 3.63) is 52.7 Å². The molecule has 1 aliphatic heterocycles. The van der Waals surface area contributed by atoms with Crippen LogP contribution in [0.4, 0.5) is 10.5 Å². The average molecular weight is 343 g/mol. The summed E-state index contributed by atoms with van der Waals surface area (Å²) in [6.45, 7) is 1.22. The summed E-state index contributed by atoms with van der Waals surface area (Å²) in [7, 11) is 0. The summed E-state index contributed by atoms with van der Waals surface area (Å²) in [4.78, 5) is 26.5. The molecule has 24 heavy (non-hydrogen) atoms. The van der Waals surface area contributed by atoms with E-state index in [1.165, 1.54) is 11.3 Å². The summed E-state index contributed by atoms with van der Waals surface area (Å²) >= 11 is 1.53. The van der Waals surface area contributed by atoms with Gasteiger partial charge in [-0.15, -0.1) is 0 Å². The fourth-order valence-electron chi connectivity index (χ4n) is 2.94. The minimum Gasteiger partial charge on any atom is -0.336 e. The maximum atomic E-state index is 12.6. The number of rotatable bonds is 4. The zero-order valence-electron chi connectivity index (χ0n) is 13.4. The Morgan fingerprint density at radius 1 is 1.17 bits per heavy atom. The van der Waals surface area contributed by atoms with E-state index in [-0.39, 0.29) is 18.0 Å². The van der Waals surface area contributed by atoms with Crippen molar-refractivity contribution in [1.29, 1.82) is 0 Å². The Bertz CT molecular complexity index is 673. The maximum absolute atomic E-state index is 12.6. The lowest BCUT2D eigenvalue weighted by molar-refractivity contribution is 0.0616. The number of piperidine rings is 1. The van der Waals surface area contributed by atoms with Crippen LogP contribution in [-0.2, 0) is 0 Å². The van der Waals surface area contributed by atoms with Gasteiger partial charge in [0.25, 0.3) is 5.91 Å². The molecule has 3 rings (SSSR count). The van der Waals surface area contributed by atoms with Crippen LogP contribution in [0.3, 0.4) is 0 Å². The Hall–Kier alpha value is -2.34.